The second kappa shape index (κ2) is 3.74. The average Bonchev–Trinajstić information content (AvgIpc) is 2.57. The third-order valence-corrected chi connectivity index (χ3v) is 4.89. The van der Waals surface area contributed by atoms with Crippen LogP contribution in [0.25, 0.3) is 0 Å². The highest BCUT2D eigenvalue weighted by molar-refractivity contribution is 5.17. The standard InChI is InChI=1S/C13H25NO/c1-12(2)11(13(12,3)4)14-8-10-6-5-7-15-9-10/h10-11,14H,5-9H2,1-4H3. The molecule has 1 unspecified atom stereocenters. The van der Waals surface area contributed by atoms with Crippen LogP contribution in [0.15, 0.2) is 0 Å². The predicted octanol–water partition coefficient (Wildman–Crippen LogP) is 2.44. The van der Waals surface area contributed by atoms with Crippen LogP contribution in [0, 0.1) is 16.7 Å². The summed E-state index contributed by atoms with van der Waals surface area (Å²) in [4.78, 5) is 0. The van der Waals surface area contributed by atoms with Gasteiger partial charge in [0.05, 0.1) is 6.61 Å². The summed E-state index contributed by atoms with van der Waals surface area (Å²) in [6.07, 6.45) is 2.57. The van der Waals surface area contributed by atoms with E-state index in [4.69, 9.17) is 4.74 Å². The minimum absolute atomic E-state index is 0.461. The molecule has 1 saturated carbocycles. The van der Waals surface area contributed by atoms with Gasteiger partial charge in [0.25, 0.3) is 0 Å². The van der Waals surface area contributed by atoms with Crippen LogP contribution in [0.3, 0.4) is 0 Å². The van der Waals surface area contributed by atoms with E-state index in [0.29, 0.717) is 16.9 Å². The van der Waals surface area contributed by atoms with Gasteiger partial charge in [0.15, 0.2) is 0 Å². The van der Waals surface area contributed by atoms with Gasteiger partial charge in [0.2, 0.25) is 0 Å². The lowest BCUT2D eigenvalue weighted by molar-refractivity contribution is 0.0543. The van der Waals surface area contributed by atoms with Crippen LogP contribution in [-0.4, -0.2) is 25.8 Å². The molecule has 2 rings (SSSR count). The summed E-state index contributed by atoms with van der Waals surface area (Å²) in [5, 5.41) is 3.73. The molecule has 1 atom stereocenters. The monoisotopic (exact) mass is 211 g/mol. The van der Waals surface area contributed by atoms with Crippen LogP contribution in [-0.2, 0) is 4.74 Å². The molecule has 2 aliphatic rings. The molecule has 0 aromatic rings. The second-order valence-corrected chi connectivity index (χ2v) is 6.37. The van der Waals surface area contributed by atoms with Gasteiger partial charge in [0, 0.05) is 19.2 Å². The normalized spacial score (nSPS) is 34.0. The number of nitrogens with one attached hydrogen (secondary N) is 1. The SMILES string of the molecule is CC1(C)C(NCC2CCCOC2)C1(C)C. The van der Waals surface area contributed by atoms with Gasteiger partial charge in [-0.25, -0.2) is 0 Å². The zero-order valence-corrected chi connectivity index (χ0v) is 10.6. The van der Waals surface area contributed by atoms with E-state index < -0.39 is 0 Å². The average molecular weight is 211 g/mol. The lowest BCUT2D eigenvalue weighted by Gasteiger charge is -2.22. The highest BCUT2D eigenvalue weighted by Crippen LogP contribution is 2.62. The fraction of sp³-hybridized carbons (Fsp3) is 1.00. The fourth-order valence-corrected chi connectivity index (χ4v) is 2.96. The Morgan fingerprint density at radius 1 is 1.20 bits per heavy atom. The van der Waals surface area contributed by atoms with Crippen molar-refractivity contribution in [1.82, 2.24) is 5.32 Å². The minimum Gasteiger partial charge on any atom is -0.381 e. The number of rotatable bonds is 3. The van der Waals surface area contributed by atoms with Crippen LogP contribution in [0.5, 0.6) is 0 Å². The molecule has 0 aromatic carbocycles. The molecule has 0 spiro atoms. The maximum atomic E-state index is 5.50. The maximum absolute atomic E-state index is 5.50. The highest BCUT2D eigenvalue weighted by Gasteiger charge is 2.64. The van der Waals surface area contributed by atoms with E-state index in [1.54, 1.807) is 0 Å². The molecule has 2 nitrogen and oxygen atoms in total. The summed E-state index contributed by atoms with van der Waals surface area (Å²) < 4.78 is 5.50. The summed E-state index contributed by atoms with van der Waals surface area (Å²) in [6, 6.07) is 0.687. The lowest BCUT2D eigenvalue weighted by atomic mass is 10.0. The molecule has 1 aliphatic heterocycles. The van der Waals surface area contributed by atoms with E-state index in [0.717, 1.165) is 25.7 Å². The van der Waals surface area contributed by atoms with E-state index in [1.165, 1.54) is 12.8 Å². The van der Waals surface area contributed by atoms with Gasteiger partial charge in [0.1, 0.15) is 0 Å². The largest absolute Gasteiger partial charge is 0.381 e. The van der Waals surface area contributed by atoms with Gasteiger partial charge in [-0.2, -0.15) is 0 Å². The van der Waals surface area contributed by atoms with Crippen molar-refractivity contribution in [3.8, 4) is 0 Å². The molecule has 1 saturated heterocycles. The molecule has 2 fully saturated rings. The van der Waals surface area contributed by atoms with Crippen LogP contribution in [0.2, 0.25) is 0 Å². The molecule has 0 amide bonds. The van der Waals surface area contributed by atoms with Crippen LogP contribution in [0.4, 0.5) is 0 Å². The van der Waals surface area contributed by atoms with Crippen LogP contribution in [0.1, 0.15) is 40.5 Å². The summed E-state index contributed by atoms with van der Waals surface area (Å²) >= 11 is 0. The molecule has 88 valence electrons. The second-order valence-electron chi connectivity index (χ2n) is 6.37. The third-order valence-electron chi connectivity index (χ3n) is 4.89. The van der Waals surface area contributed by atoms with Crippen LogP contribution >= 0.6 is 0 Å². The van der Waals surface area contributed by atoms with Crippen molar-refractivity contribution >= 4 is 0 Å². The predicted molar refractivity (Wildman–Crippen MR) is 62.9 cm³/mol. The fourth-order valence-electron chi connectivity index (χ4n) is 2.96. The van der Waals surface area contributed by atoms with Crippen molar-refractivity contribution in [2.45, 2.75) is 46.6 Å². The molecule has 0 bridgehead atoms. The first-order valence-corrected chi connectivity index (χ1v) is 6.27. The van der Waals surface area contributed by atoms with Crippen molar-refractivity contribution < 1.29 is 4.74 Å². The Morgan fingerprint density at radius 2 is 1.87 bits per heavy atom. The topological polar surface area (TPSA) is 21.3 Å². The molecular formula is C13H25NO. The quantitative estimate of drug-likeness (QED) is 0.774. The van der Waals surface area contributed by atoms with Gasteiger partial charge in [-0.05, 0) is 29.6 Å². The zero-order valence-electron chi connectivity index (χ0n) is 10.6. The van der Waals surface area contributed by atoms with E-state index >= 15 is 0 Å². The summed E-state index contributed by atoms with van der Waals surface area (Å²) in [6.45, 7) is 12.5. The van der Waals surface area contributed by atoms with Crippen LogP contribution < -0.4 is 5.32 Å². The first-order valence-electron chi connectivity index (χ1n) is 6.27. The molecule has 0 radical (unpaired) electrons. The Morgan fingerprint density at radius 3 is 2.33 bits per heavy atom. The van der Waals surface area contributed by atoms with E-state index in [9.17, 15) is 0 Å². The summed E-state index contributed by atoms with van der Waals surface area (Å²) in [7, 11) is 0. The van der Waals surface area contributed by atoms with Crippen molar-refractivity contribution in [2.75, 3.05) is 19.8 Å². The Kier molecular flexibility index (Phi) is 2.85. The van der Waals surface area contributed by atoms with Gasteiger partial charge in [-0.1, -0.05) is 27.7 Å². The van der Waals surface area contributed by atoms with Gasteiger partial charge < -0.3 is 10.1 Å². The van der Waals surface area contributed by atoms with Crippen molar-refractivity contribution in [2.24, 2.45) is 16.7 Å². The highest BCUT2D eigenvalue weighted by atomic mass is 16.5. The Balaban J connectivity index is 1.75. The number of hydrogen-bond acceptors (Lipinski definition) is 2. The smallest absolute Gasteiger partial charge is 0.0506 e. The molecule has 1 aliphatic carbocycles. The van der Waals surface area contributed by atoms with Gasteiger partial charge in [-0.3, -0.25) is 0 Å². The molecule has 1 N–H and O–H groups in total. The minimum atomic E-state index is 0.461. The van der Waals surface area contributed by atoms with E-state index in [2.05, 4.69) is 33.0 Å². The van der Waals surface area contributed by atoms with Crippen molar-refractivity contribution in [3.63, 3.8) is 0 Å². The van der Waals surface area contributed by atoms with E-state index in [-0.39, 0.29) is 0 Å². The van der Waals surface area contributed by atoms with Gasteiger partial charge in [-0.15, -0.1) is 0 Å². The summed E-state index contributed by atoms with van der Waals surface area (Å²) in [5.74, 6) is 0.742. The molecule has 1 heterocycles. The van der Waals surface area contributed by atoms with Crippen molar-refractivity contribution in [3.05, 3.63) is 0 Å². The molecule has 0 aromatic heterocycles. The Bertz CT molecular complexity index is 215. The van der Waals surface area contributed by atoms with Gasteiger partial charge >= 0.3 is 0 Å². The summed E-state index contributed by atoms with van der Waals surface area (Å²) in [5.41, 5.74) is 0.922. The van der Waals surface area contributed by atoms with E-state index in [1.807, 2.05) is 0 Å². The lowest BCUT2D eigenvalue weighted by Crippen LogP contribution is -2.32. The Hall–Kier alpha value is -0.0800. The number of hydrogen-bond donors (Lipinski definition) is 1. The first kappa shape index (κ1) is 11.4. The molecule has 15 heavy (non-hydrogen) atoms. The van der Waals surface area contributed by atoms with Crippen molar-refractivity contribution in [1.29, 1.82) is 0 Å². The molecule has 2 heteroatoms. The third kappa shape index (κ3) is 1.94. The maximum Gasteiger partial charge on any atom is 0.0506 e. The first-order chi connectivity index (χ1) is 6.96. The zero-order chi connectivity index (χ0) is 11.1. The Labute approximate surface area is 93.8 Å². The number of ether oxygens (including phenoxy) is 1. The molecular weight excluding hydrogens is 186 g/mol.